The van der Waals surface area contributed by atoms with Crippen molar-refractivity contribution in [2.24, 2.45) is 0 Å². The number of aromatic nitrogens is 1. The average molecular weight is 367 g/mol. The number of benzene rings is 1. The van der Waals surface area contributed by atoms with Crippen LogP contribution >= 0.6 is 0 Å². The zero-order valence-corrected chi connectivity index (χ0v) is 16.5. The third kappa shape index (κ3) is 3.58. The topological polar surface area (TPSA) is 39.7 Å². The first kappa shape index (κ1) is 18.4. The minimum Gasteiger partial charge on any atom is -0.343 e. The van der Waals surface area contributed by atoms with Gasteiger partial charge in [0, 0.05) is 62.8 Å². The highest BCUT2D eigenvalue weighted by atomic mass is 16.2. The molecule has 1 amide bonds. The molecule has 5 nitrogen and oxygen atoms in total. The van der Waals surface area contributed by atoms with Crippen LogP contribution < -0.4 is 0 Å². The number of para-hydroxylation sites is 1. The Kier molecular flexibility index (Phi) is 5.15. The van der Waals surface area contributed by atoms with Gasteiger partial charge in [0.15, 0.2) is 0 Å². The largest absolute Gasteiger partial charge is 0.343 e. The van der Waals surface area contributed by atoms with E-state index in [2.05, 4.69) is 53.0 Å². The lowest BCUT2D eigenvalue weighted by Crippen LogP contribution is -2.60. The number of carbonyl (C=O) groups excluding carboxylic acids is 1. The normalized spacial score (nSPS) is 25.3. The second kappa shape index (κ2) is 7.56. The van der Waals surface area contributed by atoms with Gasteiger partial charge in [-0.2, -0.15) is 0 Å². The number of fused-ring (bicyclic) bond motifs is 1. The first-order chi connectivity index (χ1) is 13.1. The zero-order valence-electron chi connectivity index (χ0n) is 16.5. The summed E-state index contributed by atoms with van der Waals surface area (Å²) in [6, 6.07) is 10.6. The molecule has 2 fully saturated rings. The summed E-state index contributed by atoms with van der Waals surface area (Å²) in [7, 11) is 2.24. The molecule has 0 bridgehead atoms. The maximum Gasteiger partial charge on any atom is 0.222 e. The highest BCUT2D eigenvalue weighted by Gasteiger charge is 2.42. The molecule has 2 saturated heterocycles. The number of pyridine rings is 1. The van der Waals surface area contributed by atoms with Crippen molar-refractivity contribution in [1.82, 2.24) is 19.7 Å². The highest BCUT2D eigenvalue weighted by Crippen LogP contribution is 2.33. The molecule has 1 spiro atoms. The average Bonchev–Trinajstić information content (AvgIpc) is 2.85. The molecule has 2 aliphatic rings. The van der Waals surface area contributed by atoms with Gasteiger partial charge >= 0.3 is 0 Å². The number of likely N-dealkylation sites (N-methyl/N-ethyl adjacent to an activating group) is 1. The molecule has 0 aliphatic carbocycles. The highest BCUT2D eigenvalue weighted by molar-refractivity contribution is 5.81. The maximum absolute atomic E-state index is 12.4. The van der Waals surface area contributed by atoms with E-state index >= 15 is 0 Å². The number of piperazine rings is 1. The van der Waals surface area contributed by atoms with Crippen molar-refractivity contribution in [2.75, 3.05) is 39.8 Å². The number of nitrogens with zero attached hydrogens (tertiary/aromatic N) is 4. The Balaban J connectivity index is 1.54. The van der Waals surface area contributed by atoms with Crippen LogP contribution in [0.1, 0.15) is 31.7 Å². The van der Waals surface area contributed by atoms with Gasteiger partial charge < -0.3 is 4.90 Å². The number of likely N-dealkylation sites (tertiary alicyclic amines) is 1. The second-order valence-corrected chi connectivity index (χ2v) is 8.07. The van der Waals surface area contributed by atoms with Crippen LogP contribution in [0.4, 0.5) is 0 Å². The molecule has 1 aromatic heterocycles. The van der Waals surface area contributed by atoms with Crippen LogP contribution in [0, 0.1) is 0 Å². The van der Waals surface area contributed by atoms with Gasteiger partial charge in [-0.15, -0.1) is 0 Å². The molecular weight excluding hydrogens is 336 g/mol. The van der Waals surface area contributed by atoms with Gasteiger partial charge in [0.25, 0.3) is 0 Å². The van der Waals surface area contributed by atoms with E-state index in [1.54, 1.807) is 0 Å². The van der Waals surface area contributed by atoms with E-state index in [0.29, 0.717) is 12.3 Å². The fourth-order valence-electron chi connectivity index (χ4n) is 4.78. The van der Waals surface area contributed by atoms with Gasteiger partial charge in [-0.05, 0) is 38.4 Å². The SMILES string of the molecule is CCN1CCC2(CCC1=O)CN(Cc1cccc3cccnc13)CCN2C. The summed E-state index contributed by atoms with van der Waals surface area (Å²) < 4.78 is 0. The Bertz CT molecular complexity index is 818. The van der Waals surface area contributed by atoms with Crippen LogP contribution in [0.15, 0.2) is 36.5 Å². The predicted octanol–water partition coefficient (Wildman–Crippen LogP) is 2.75. The van der Waals surface area contributed by atoms with Crippen molar-refractivity contribution in [3.63, 3.8) is 0 Å². The molecule has 2 aromatic rings. The molecular formula is C22H30N4O. The summed E-state index contributed by atoms with van der Waals surface area (Å²) >= 11 is 0. The molecule has 0 saturated carbocycles. The molecule has 1 atom stereocenters. The molecule has 4 rings (SSSR count). The molecule has 144 valence electrons. The fraction of sp³-hybridized carbons (Fsp3) is 0.545. The van der Waals surface area contributed by atoms with Crippen LogP contribution in [-0.2, 0) is 11.3 Å². The Morgan fingerprint density at radius 2 is 1.96 bits per heavy atom. The lowest BCUT2D eigenvalue weighted by Gasteiger charge is -2.49. The first-order valence-corrected chi connectivity index (χ1v) is 10.2. The van der Waals surface area contributed by atoms with E-state index in [0.717, 1.165) is 57.6 Å². The van der Waals surface area contributed by atoms with Crippen molar-refractivity contribution in [2.45, 2.75) is 38.3 Å². The third-order valence-electron chi connectivity index (χ3n) is 6.58. The molecule has 2 aliphatic heterocycles. The summed E-state index contributed by atoms with van der Waals surface area (Å²) in [6.45, 7) is 7.85. The van der Waals surface area contributed by atoms with E-state index in [-0.39, 0.29) is 5.54 Å². The lowest BCUT2D eigenvalue weighted by atomic mass is 9.86. The zero-order chi connectivity index (χ0) is 18.9. The molecule has 0 N–H and O–H groups in total. The van der Waals surface area contributed by atoms with E-state index in [9.17, 15) is 4.79 Å². The van der Waals surface area contributed by atoms with Crippen LogP contribution in [0.2, 0.25) is 0 Å². The minimum absolute atomic E-state index is 0.107. The van der Waals surface area contributed by atoms with Crippen molar-refractivity contribution < 1.29 is 4.79 Å². The second-order valence-electron chi connectivity index (χ2n) is 8.07. The number of rotatable bonds is 3. The quantitative estimate of drug-likeness (QED) is 0.837. The van der Waals surface area contributed by atoms with E-state index in [1.807, 2.05) is 17.2 Å². The molecule has 0 radical (unpaired) electrons. The van der Waals surface area contributed by atoms with Crippen molar-refractivity contribution in [1.29, 1.82) is 0 Å². The maximum atomic E-state index is 12.4. The predicted molar refractivity (Wildman–Crippen MR) is 108 cm³/mol. The molecule has 27 heavy (non-hydrogen) atoms. The Morgan fingerprint density at radius 1 is 1.11 bits per heavy atom. The van der Waals surface area contributed by atoms with E-state index < -0.39 is 0 Å². The van der Waals surface area contributed by atoms with Gasteiger partial charge in [0.1, 0.15) is 0 Å². The first-order valence-electron chi connectivity index (χ1n) is 10.2. The Hall–Kier alpha value is -1.98. The van der Waals surface area contributed by atoms with Crippen LogP contribution in [0.3, 0.4) is 0 Å². The van der Waals surface area contributed by atoms with Crippen LogP contribution in [0.25, 0.3) is 10.9 Å². The van der Waals surface area contributed by atoms with Crippen molar-refractivity contribution >= 4 is 16.8 Å². The third-order valence-corrected chi connectivity index (χ3v) is 6.58. The fourth-order valence-corrected chi connectivity index (χ4v) is 4.78. The number of carbonyl (C=O) groups is 1. The lowest BCUT2D eigenvalue weighted by molar-refractivity contribution is -0.130. The van der Waals surface area contributed by atoms with E-state index in [4.69, 9.17) is 0 Å². The minimum atomic E-state index is 0.107. The number of hydrogen-bond donors (Lipinski definition) is 0. The summed E-state index contributed by atoms with van der Waals surface area (Å²) in [5.41, 5.74) is 2.52. The molecule has 3 heterocycles. The van der Waals surface area contributed by atoms with Gasteiger partial charge in [-0.3, -0.25) is 19.6 Å². The summed E-state index contributed by atoms with van der Waals surface area (Å²) in [5.74, 6) is 0.318. The van der Waals surface area contributed by atoms with Gasteiger partial charge in [-0.25, -0.2) is 0 Å². The summed E-state index contributed by atoms with van der Waals surface area (Å²) in [6.07, 6.45) is 4.58. The van der Waals surface area contributed by atoms with Gasteiger partial charge in [0.05, 0.1) is 5.52 Å². The van der Waals surface area contributed by atoms with Gasteiger partial charge in [0.2, 0.25) is 5.91 Å². The summed E-state index contributed by atoms with van der Waals surface area (Å²) in [4.78, 5) is 24.1. The van der Waals surface area contributed by atoms with E-state index in [1.165, 1.54) is 10.9 Å². The number of amides is 1. The smallest absolute Gasteiger partial charge is 0.222 e. The van der Waals surface area contributed by atoms with Gasteiger partial charge in [-0.1, -0.05) is 24.3 Å². The Morgan fingerprint density at radius 3 is 2.81 bits per heavy atom. The van der Waals surface area contributed by atoms with Crippen molar-refractivity contribution in [3.05, 3.63) is 42.1 Å². The number of hydrogen-bond acceptors (Lipinski definition) is 4. The monoisotopic (exact) mass is 366 g/mol. The van der Waals surface area contributed by atoms with Crippen molar-refractivity contribution in [3.8, 4) is 0 Å². The van der Waals surface area contributed by atoms with Crippen LogP contribution in [0.5, 0.6) is 0 Å². The molecule has 1 unspecified atom stereocenters. The summed E-state index contributed by atoms with van der Waals surface area (Å²) in [5, 5.41) is 1.21. The standard InChI is InChI=1S/C22H30N4O/c1-3-26-13-11-22(10-9-20(26)27)17-25(15-14-24(22)2)16-19-7-4-6-18-8-5-12-23-21(18)19/h4-8,12H,3,9-11,13-17H2,1-2H3. The van der Waals surface area contributed by atoms with Crippen LogP contribution in [-0.4, -0.2) is 70.9 Å². The molecule has 5 heteroatoms. The Labute approximate surface area is 162 Å². The molecule has 1 aromatic carbocycles.